The number of aryl methyl sites for hydroxylation is 2. The fourth-order valence-corrected chi connectivity index (χ4v) is 4.16. The third-order valence-electron chi connectivity index (χ3n) is 4.54. The molecule has 3 rings (SSSR count). The van der Waals surface area contributed by atoms with Gasteiger partial charge in [0.25, 0.3) is 0 Å². The summed E-state index contributed by atoms with van der Waals surface area (Å²) in [6.45, 7) is 5.22. The molecule has 1 aromatic carbocycles. The Balaban J connectivity index is 1.74. The van der Waals surface area contributed by atoms with Gasteiger partial charge in [0.2, 0.25) is 0 Å². The van der Waals surface area contributed by atoms with E-state index in [0.29, 0.717) is 6.04 Å². The Hall–Kier alpha value is -0.540. The Kier molecular flexibility index (Phi) is 3.61. The summed E-state index contributed by atoms with van der Waals surface area (Å²) in [6.07, 6.45) is 6.10. The number of hydrogen-bond donors (Lipinski definition) is 1. The maximum Gasteiger partial charge on any atom is 0.0702 e. The number of rotatable bonds is 2. The smallest absolute Gasteiger partial charge is 0.0702 e. The minimum atomic E-state index is 0.209. The summed E-state index contributed by atoms with van der Waals surface area (Å²) in [4.78, 5) is 0. The van der Waals surface area contributed by atoms with Gasteiger partial charge in [0.1, 0.15) is 0 Å². The van der Waals surface area contributed by atoms with Gasteiger partial charge in [0.15, 0.2) is 0 Å². The number of halogens is 1. The van der Waals surface area contributed by atoms with E-state index in [9.17, 15) is 0 Å². The molecule has 1 N–H and O–H groups in total. The maximum atomic E-state index is 6.00. The Morgan fingerprint density at radius 2 is 2.11 bits per heavy atom. The molecule has 1 atom stereocenters. The molecule has 2 fully saturated rings. The molecule has 1 heterocycles. The molecule has 2 aliphatic rings. The van der Waals surface area contributed by atoms with Gasteiger partial charge in [0, 0.05) is 17.1 Å². The molecule has 2 nitrogen and oxygen atoms in total. The van der Waals surface area contributed by atoms with Gasteiger partial charge in [-0.15, -0.1) is 0 Å². The van der Waals surface area contributed by atoms with Gasteiger partial charge in [-0.1, -0.05) is 6.07 Å². The van der Waals surface area contributed by atoms with E-state index >= 15 is 0 Å². The van der Waals surface area contributed by atoms with Crippen LogP contribution in [0.25, 0.3) is 0 Å². The second-order valence-corrected chi connectivity index (χ2v) is 7.01. The Labute approximate surface area is 124 Å². The van der Waals surface area contributed by atoms with Crippen molar-refractivity contribution < 1.29 is 4.74 Å². The lowest BCUT2D eigenvalue weighted by Crippen LogP contribution is -2.49. The maximum absolute atomic E-state index is 6.00. The van der Waals surface area contributed by atoms with Crippen molar-refractivity contribution in [2.45, 2.75) is 57.6 Å². The molecule has 0 amide bonds. The molecule has 1 spiro atoms. The molecule has 1 aromatic rings. The highest BCUT2D eigenvalue weighted by atomic mass is 79.9. The number of ether oxygens (including phenoxy) is 1. The average molecular weight is 324 g/mol. The van der Waals surface area contributed by atoms with Crippen LogP contribution in [-0.4, -0.2) is 18.2 Å². The average Bonchev–Trinajstić information content (AvgIpc) is 2.32. The molecule has 0 radical (unpaired) electrons. The van der Waals surface area contributed by atoms with E-state index in [1.165, 1.54) is 40.5 Å². The number of benzene rings is 1. The Bertz CT molecular complexity index is 459. The summed E-state index contributed by atoms with van der Waals surface area (Å²) in [6, 6.07) is 4.98. The van der Waals surface area contributed by atoms with Crippen molar-refractivity contribution >= 4 is 21.6 Å². The SMILES string of the molecule is Cc1cc(C)c(NC2CCOC3(CCC3)C2)c(Br)c1. The fraction of sp³-hybridized carbons (Fsp3) is 0.625. The fourth-order valence-electron chi connectivity index (χ4n) is 3.37. The van der Waals surface area contributed by atoms with E-state index in [1.54, 1.807) is 0 Å². The molecule has 3 heteroatoms. The van der Waals surface area contributed by atoms with Crippen LogP contribution in [0.2, 0.25) is 0 Å². The summed E-state index contributed by atoms with van der Waals surface area (Å²) in [5.74, 6) is 0. The van der Waals surface area contributed by atoms with Gasteiger partial charge in [-0.05, 0) is 79.1 Å². The van der Waals surface area contributed by atoms with Crippen molar-refractivity contribution in [1.29, 1.82) is 0 Å². The predicted molar refractivity (Wildman–Crippen MR) is 82.8 cm³/mol. The minimum absolute atomic E-state index is 0.209. The predicted octanol–water partition coefficient (Wildman–Crippen LogP) is 4.58. The first kappa shape index (κ1) is 13.4. The first-order valence-electron chi connectivity index (χ1n) is 7.25. The topological polar surface area (TPSA) is 21.3 Å². The van der Waals surface area contributed by atoms with Crippen LogP contribution < -0.4 is 5.32 Å². The van der Waals surface area contributed by atoms with Crippen molar-refractivity contribution in [3.63, 3.8) is 0 Å². The van der Waals surface area contributed by atoms with Crippen LogP contribution >= 0.6 is 15.9 Å². The lowest BCUT2D eigenvalue weighted by molar-refractivity contribution is -0.130. The zero-order valence-electron chi connectivity index (χ0n) is 11.8. The van der Waals surface area contributed by atoms with E-state index in [-0.39, 0.29) is 5.60 Å². The summed E-state index contributed by atoms with van der Waals surface area (Å²) in [5, 5.41) is 3.74. The van der Waals surface area contributed by atoms with E-state index in [1.807, 2.05) is 0 Å². The summed E-state index contributed by atoms with van der Waals surface area (Å²) < 4.78 is 7.18. The van der Waals surface area contributed by atoms with Gasteiger partial charge in [-0.2, -0.15) is 0 Å². The highest BCUT2D eigenvalue weighted by Gasteiger charge is 2.42. The van der Waals surface area contributed by atoms with Crippen molar-refractivity contribution in [2.24, 2.45) is 0 Å². The van der Waals surface area contributed by atoms with Gasteiger partial charge < -0.3 is 10.1 Å². The van der Waals surface area contributed by atoms with Crippen LogP contribution in [0.3, 0.4) is 0 Å². The van der Waals surface area contributed by atoms with Crippen molar-refractivity contribution in [3.05, 3.63) is 27.7 Å². The molecule has 0 bridgehead atoms. The van der Waals surface area contributed by atoms with Gasteiger partial charge in [0.05, 0.1) is 11.3 Å². The molecular formula is C16H22BrNO. The van der Waals surface area contributed by atoms with Crippen molar-refractivity contribution in [3.8, 4) is 0 Å². The van der Waals surface area contributed by atoms with E-state index in [2.05, 4.69) is 47.2 Å². The van der Waals surface area contributed by atoms with Gasteiger partial charge in [-0.25, -0.2) is 0 Å². The number of nitrogens with one attached hydrogen (secondary N) is 1. The normalized spacial score (nSPS) is 25.1. The quantitative estimate of drug-likeness (QED) is 0.860. The van der Waals surface area contributed by atoms with Crippen LogP contribution in [0, 0.1) is 13.8 Å². The second kappa shape index (κ2) is 5.10. The van der Waals surface area contributed by atoms with Crippen molar-refractivity contribution in [1.82, 2.24) is 0 Å². The molecular weight excluding hydrogens is 302 g/mol. The summed E-state index contributed by atoms with van der Waals surface area (Å²) in [5.41, 5.74) is 4.09. The van der Waals surface area contributed by atoms with E-state index in [4.69, 9.17) is 4.74 Å². The number of anilines is 1. The molecule has 1 saturated carbocycles. The summed E-state index contributed by atoms with van der Waals surface area (Å²) in [7, 11) is 0. The number of hydrogen-bond acceptors (Lipinski definition) is 2. The third-order valence-corrected chi connectivity index (χ3v) is 5.16. The van der Waals surface area contributed by atoms with Crippen LogP contribution in [0.1, 0.15) is 43.2 Å². The first-order valence-corrected chi connectivity index (χ1v) is 8.05. The van der Waals surface area contributed by atoms with E-state index in [0.717, 1.165) is 19.4 Å². The highest BCUT2D eigenvalue weighted by Crippen LogP contribution is 2.43. The largest absolute Gasteiger partial charge is 0.381 e. The van der Waals surface area contributed by atoms with Gasteiger partial charge in [-0.3, -0.25) is 0 Å². The molecule has 104 valence electrons. The minimum Gasteiger partial charge on any atom is -0.381 e. The van der Waals surface area contributed by atoms with Crippen molar-refractivity contribution in [2.75, 3.05) is 11.9 Å². The van der Waals surface area contributed by atoms with Crippen LogP contribution in [0.4, 0.5) is 5.69 Å². The van der Waals surface area contributed by atoms with Crippen LogP contribution in [0.5, 0.6) is 0 Å². The Morgan fingerprint density at radius 1 is 1.32 bits per heavy atom. The zero-order chi connectivity index (χ0) is 13.5. The molecule has 0 aromatic heterocycles. The molecule has 1 saturated heterocycles. The first-order chi connectivity index (χ1) is 9.08. The molecule has 19 heavy (non-hydrogen) atoms. The molecule has 1 aliphatic heterocycles. The standard InChI is InChI=1S/C16H22BrNO/c1-11-8-12(2)15(14(17)9-11)18-13-4-7-19-16(10-13)5-3-6-16/h8-9,13,18H,3-7,10H2,1-2H3. The third kappa shape index (κ3) is 2.68. The Morgan fingerprint density at radius 3 is 2.74 bits per heavy atom. The van der Waals surface area contributed by atoms with E-state index < -0.39 is 0 Å². The lowest BCUT2D eigenvalue weighted by atomic mass is 9.74. The monoisotopic (exact) mass is 323 g/mol. The lowest BCUT2D eigenvalue weighted by Gasteiger charge is -2.47. The second-order valence-electron chi connectivity index (χ2n) is 6.16. The molecule has 1 unspecified atom stereocenters. The van der Waals surface area contributed by atoms with Crippen LogP contribution in [0.15, 0.2) is 16.6 Å². The van der Waals surface area contributed by atoms with Crippen LogP contribution in [-0.2, 0) is 4.74 Å². The molecule has 1 aliphatic carbocycles. The zero-order valence-corrected chi connectivity index (χ0v) is 13.3. The summed E-state index contributed by atoms with van der Waals surface area (Å²) >= 11 is 3.69. The highest BCUT2D eigenvalue weighted by molar-refractivity contribution is 9.10. The van der Waals surface area contributed by atoms with Gasteiger partial charge >= 0.3 is 0 Å².